The molecular formula is C12H13ClN2O. The summed E-state index contributed by atoms with van der Waals surface area (Å²) in [6.07, 6.45) is 1.57. The molecular weight excluding hydrogens is 224 g/mol. The molecule has 0 aliphatic carbocycles. The van der Waals surface area contributed by atoms with Crippen molar-refractivity contribution < 1.29 is 4.79 Å². The Hall–Kier alpha value is -1.35. The van der Waals surface area contributed by atoms with Crippen LogP contribution in [0, 0.1) is 5.41 Å². The van der Waals surface area contributed by atoms with Crippen molar-refractivity contribution in [3.63, 3.8) is 0 Å². The first-order chi connectivity index (χ1) is 7.39. The molecule has 0 aliphatic rings. The van der Waals surface area contributed by atoms with Crippen molar-refractivity contribution in [2.24, 2.45) is 5.41 Å². The Morgan fingerprint density at radius 3 is 2.69 bits per heavy atom. The Balaban J connectivity index is 2.58. The van der Waals surface area contributed by atoms with Crippen molar-refractivity contribution in [3.05, 3.63) is 29.0 Å². The van der Waals surface area contributed by atoms with Gasteiger partial charge in [0.05, 0.1) is 16.9 Å². The first kappa shape index (κ1) is 11.1. The first-order valence-electron chi connectivity index (χ1n) is 5.07. The number of H-pyrrole nitrogens is 1. The predicted octanol–water partition coefficient (Wildman–Crippen LogP) is 3.45. The fourth-order valence-electron chi connectivity index (χ4n) is 1.57. The lowest BCUT2D eigenvalue weighted by molar-refractivity contribution is 0.0858. The van der Waals surface area contributed by atoms with Crippen molar-refractivity contribution in [1.29, 1.82) is 0 Å². The molecule has 1 aromatic heterocycles. The third-order valence-electron chi connectivity index (χ3n) is 2.42. The second-order valence-electron chi connectivity index (χ2n) is 4.84. The van der Waals surface area contributed by atoms with E-state index in [1.165, 1.54) is 0 Å². The second-order valence-corrected chi connectivity index (χ2v) is 5.24. The van der Waals surface area contributed by atoms with Gasteiger partial charge in [0, 0.05) is 11.0 Å². The maximum atomic E-state index is 12.1. The van der Waals surface area contributed by atoms with Crippen molar-refractivity contribution in [2.75, 3.05) is 0 Å². The number of aromatic amines is 1. The summed E-state index contributed by atoms with van der Waals surface area (Å²) in [7, 11) is 0. The molecule has 2 aromatic rings. The average molecular weight is 237 g/mol. The number of carbonyl (C=O) groups is 1. The molecule has 2 rings (SSSR count). The van der Waals surface area contributed by atoms with Gasteiger partial charge in [0.25, 0.3) is 0 Å². The van der Waals surface area contributed by atoms with Crippen LogP contribution in [0.25, 0.3) is 11.0 Å². The van der Waals surface area contributed by atoms with Crippen LogP contribution >= 0.6 is 11.6 Å². The lowest BCUT2D eigenvalue weighted by Gasteiger charge is -2.16. The van der Waals surface area contributed by atoms with E-state index >= 15 is 0 Å². The molecule has 84 valence electrons. The third kappa shape index (κ3) is 1.83. The van der Waals surface area contributed by atoms with E-state index < -0.39 is 5.41 Å². The smallest absolute Gasteiger partial charge is 0.168 e. The molecule has 0 amide bonds. The monoisotopic (exact) mass is 236 g/mol. The fourth-order valence-corrected chi connectivity index (χ4v) is 1.84. The molecule has 1 aromatic carbocycles. The number of carbonyl (C=O) groups excluding carboxylic acids is 1. The van der Waals surface area contributed by atoms with E-state index in [4.69, 9.17) is 11.6 Å². The van der Waals surface area contributed by atoms with Gasteiger partial charge in [0.15, 0.2) is 5.78 Å². The Morgan fingerprint density at radius 1 is 1.38 bits per heavy atom. The van der Waals surface area contributed by atoms with Crippen LogP contribution in [0.4, 0.5) is 0 Å². The van der Waals surface area contributed by atoms with Gasteiger partial charge in [-0.3, -0.25) is 4.79 Å². The van der Waals surface area contributed by atoms with Crippen molar-refractivity contribution in [2.45, 2.75) is 20.8 Å². The molecule has 16 heavy (non-hydrogen) atoms. The number of nitrogens with one attached hydrogen (secondary N) is 1. The molecule has 0 atom stereocenters. The highest BCUT2D eigenvalue weighted by molar-refractivity contribution is 6.35. The fraction of sp³-hybridized carbons (Fsp3) is 0.333. The number of aromatic nitrogens is 2. The molecule has 1 heterocycles. The maximum Gasteiger partial charge on any atom is 0.168 e. The molecule has 0 radical (unpaired) electrons. The molecule has 0 aliphatic heterocycles. The molecule has 1 N–H and O–H groups in total. The van der Waals surface area contributed by atoms with Crippen molar-refractivity contribution in [3.8, 4) is 0 Å². The van der Waals surface area contributed by atoms with Gasteiger partial charge in [-0.05, 0) is 12.1 Å². The lowest BCUT2D eigenvalue weighted by atomic mass is 9.86. The van der Waals surface area contributed by atoms with Crippen LogP contribution in [0.3, 0.4) is 0 Å². The highest BCUT2D eigenvalue weighted by Crippen LogP contribution is 2.27. The average Bonchev–Trinajstić information content (AvgIpc) is 2.63. The van der Waals surface area contributed by atoms with E-state index in [9.17, 15) is 4.79 Å². The summed E-state index contributed by atoms with van der Waals surface area (Å²) in [6, 6.07) is 3.47. The summed E-state index contributed by atoms with van der Waals surface area (Å²) in [6.45, 7) is 5.67. The normalized spacial score (nSPS) is 12.0. The van der Waals surface area contributed by atoms with Gasteiger partial charge < -0.3 is 4.98 Å². The summed E-state index contributed by atoms with van der Waals surface area (Å²) in [5.74, 6) is 0.0749. The van der Waals surface area contributed by atoms with Gasteiger partial charge in [-0.2, -0.15) is 0 Å². The first-order valence-corrected chi connectivity index (χ1v) is 5.45. The van der Waals surface area contributed by atoms with E-state index in [0.29, 0.717) is 16.1 Å². The van der Waals surface area contributed by atoms with Gasteiger partial charge in [-0.25, -0.2) is 4.98 Å². The Kier molecular flexibility index (Phi) is 2.50. The molecule has 0 unspecified atom stereocenters. The lowest BCUT2D eigenvalue weighted by Crippen LogP contribution is -2.20. The Labute approximate surface area is 98.8 Å². The number of hydrogen-bond acceptors (Lipinski definition) is 2. The number of fused-ring (bicyclic) bond motifs is 1. The Morgan fingerprint density at radius 2 is 2.06 bits per heavy atom. The van der Waals surface area contributed by atoms with Gasteiger partial charge in [-0.1, -0.05) is 32.4 Å². The summed E-state index contributed by atoms with van der Waals surface area (Å²) in [4.78, 5) is 19.1. The van der Waals surface area contributed by atoms with Crippen molar-refractivity contribution >= 4 is 28.4 Å². The van der Waals surface area contributed by atoms with Crippen LogP contribution in [-0.2, 0) is 0 Å². The van der Waals surface area contributed by atoms with E-state index in [2.05, 4.69) is 9.97 Å². The van der Waals surface area contributed by atoms with Crippen LogP contribution in [0.5, 0.6) is 0 Å². The predicted molar refractivity (Wildman–Crippen MR) is 64.9 cm³/mol. The van der Waals surface area contributed by atoms with Crippen molar-refractivity contribution in [1.82, 2.24) is 9.97 Å². The van der Waals surface area contributed by atoms with Gasteiger partial charge >= 0.3 is 0 Å². The molecule has 0 fully saturated rings. The molecule has 3 nitrogen and oxygen atoms in total. The number of ketones is 1. The minimum Gasteiger partial charge on any atom is -0.345 e. The highest BCUT2D eigenvalue weighted by atomic mass is 35.5. The highest BCUT2D eigenvalue weighted by Gasteiger charge is 2.23. The Bertz CT molecular complexity index is 552. The van der Waals surface area contributed by atoms with Gasteiger partial charge in [-0.15, -0.1) is 0 Å². The van der Waals surface area contributed by atoms with Gasteiger partial charge in [0.2, 0.25) is 0 Å². The third-order valence-corrected chi connectivity index (χ3v) is 2.71. The standard InChI is InChI=1S/C12H13ClN2O/c1-12(2,3)11(16)7-4-8(13)10-9(5-7)14-6-15-10/h4-6H,1-3H3,(H,14,15). The van der Waals surface area contributed by atoms with Crippen LogP contribution in [0.15, 0.2) is 18.5 Å². The van der Waals surface area contributed by atoms with Crippen LogP contribution in [-0.4, -0.2) is 15.8 Å². The zero-order valence-corrected chi connectivity index (χ0v) is 10.2. The summed E-state index contributed by atoms with van der Waals surface area (Å²) >= 11 is 6.06. The number of nitrogens with zero attached hydrogens (tertiary/aromatic N) is 1. The SMILES string of the molecule is CC(C)(C)C(=O)c1cc(Cl)c2nc[nH]c2c1. The largest absolute Gasteiger partial charge is 0.345 e. The van der Waals surface area contributed by atoms with Crippen LogP contribution in [0.1, 0.15) is 31.1 Å². The number of hydrogen-bond donors (Lipinski definition) is 1. The van der Waals surface area contributed by atoms with Crippen LogP contribution in [0.2, 0.25) is 5.02 Å². The molecule has 4 heteroatoms. The van der Waals surface area contributed by atoms with E-state index in [-0.39, 0.29) is 5.78 Å². The maximum absolute atomic E-state index is 12.1. The van der Waals surface area contributed by atoms with Gasteiger partial charge in [0.1, 0.15) is 5.52 Å². The van der Waals surface area contributed by atoms with Crippen LogP contribution < -0.4 is 0 Å². The quantitative estimate of drug-likeness (QED) is 0.771. The summed E-state index contributed by atoms with van der Waals surface area (Å²) < 4.78 is 0. The number of imidazole rings is 1. The molecule has 0 saturated heterocycles. The molecule has 0 bridgehead atoms. The number of halogens is 1. The zero-order valence-electron chi connectivity index (χ0n) is 9.47. The second kappa shape index (κ2) is 3.59. The topological polar surface area (TPSA) is 45.8 Å². The van der Waals surface area contributed by atoms with E-state index in [0.717, 1.165) is 5.52 Å². The summed E-state index contributed by atoms with van der Waals surface area (Å²) in [5.41, 5.74) is 1.71. The molecule has 0 spiro atoms. The van der Waals surface area contributed by atoms with E-state index in [1.54, 1.807) is 18.5 Å². The number of rotatable bonds is 1. The minimum absolute atomic E-state index is 0.0749. The minimum atomic E-state index is -0.406. The van der Waals surface area contributed by atoms with E-state index in [1.807, 2.05) is 20.8 Å². The zero-order chi connectivity index (χ0) is 11.9. The number of benzene rings is 1. The summed E-state index contributed by atoms with van der Waals surface area (Å²) in [5, 5.41) is 0.506. The number of Topliss-reactive ketones (excluding diaryl/α,β-unsaturated/α-hetero) is 1. The molecule has 0 saturated carbocycles.